The van der Waals surface area contributed by atoms with Gasteiger partial charge in [-0.05, 0) is 65.2 Å². The molecular formula is C14H11FINOS. The fraction of sp³-hybridized carbons (Fsp3) is 0.0714. The predicted molar refractivity (Wildman–Crippen MR) is 85.3 cm³/mol. The van der Waals surface area contributed by atoms with E-state index in [-0.39, 0.29) is 11.7 Å². The van der Waals surface area contributed by atoms with Gasteiger partial charge in [0.1, 0.15) is 5.82 Å². The maximum absolute atomic E-state index is 13.4. The number of benzene rings is 2. The van der Waals surface area contributed by atoms with Crippen molar-refractivity contribution in [2.75, 3.05) is 11.6 Å². The second-order valence-corrected chi connectivity index (χ2v) is 5.74. The van der Waals surface area contributed by atoms with Crippen LogP contribution in [0.1, 0.15) is 10.4 Å². The molecule has 0 unspecified atom stereocenters. The highest BCUT2D eigenvalue weighted by Crippen LogP contribution is 2.22. The molecule has 0 spiro atoms. The molecule has 0 heterocycles. The van der Waals surface area contributed by atoms with Crippen molar-refractivity contribution in [1.82, 2.24) is 0 Å². The number of rotatable bonds is 3. The normalized spacial score (nSPS) is 10.3. The first-order valence-electron chi connectivity index (χ1n) is 5.51. The summed E-state index contributed by atoms with van der Waals surface area (Å²) in [6.07, 6.45) is 1.98. The van der Waals surface area contributed by atoms with Crippen molar-refractivity contribution < 1.29 is 9.18 Å². The molecule has 0 saturated heterocycles. The van der Waals surface area contributed by atoms with E-state index in [9.17, 15) is 9.18 Å². The van der Waals surface area contributed by atoms with Gasteiger partial charge in [0.2, 0.25) is 0 Å². The summed E-state index contributed by atoms with van der Waals surface area (Å²) in [5.74, 6) is -0.577. The largest absolute Gasteiger partial charge is 0.321 e. The first-order chi connectivity index (χ1) is 9.11. The van der Waals surface area contributed by atoms with Crippen LogP contribution in [0.2, 0.25) is 0 Å². The number of carbonyl (C=O) groups excluding carboxylic acids is 1. The maximum atomic E-state index is 13.4. The molecular weight excluding hydrogens is 376 g/mol. The number of anilines is 1. The quantitative estimate of drug-likeness (QED) is 0.625. The lowest BCUT2D eigenvalue weighted by Crippen LogP contribution is -2.13. The zero-order valence-electron chi connectivity index (χ0n) is 10.1. The highest BCUT2D eigenvalue weighted by Gasteiger charge is 2.10. The van der Waals surface area contributed by atoms with E-state index in [1.807, 2.05) is 41.0 Å². The van der Waals surface area contributed by atoms with Crippen LogP contribution in [-0.4, -0.2) is 12.2 Å². The molecule has 0 fully saturated rings. The molecule has 19 heavy (non-hydrogen) atoms. The maximum Gasteiger partial charge on any atom is 0.255 e. The van der Waals surface area contributed by atoms with Crippen molar-refractivity contribution in [2.24, 2.45) is 0 Å². The van der Waals surface area contributed by atoms with E-state index in [1.54, 1.807) is 36.0 Å². The molecule has 2 nitrogen and oxygen atoms in total. The monoisotopic (exact) mass is 387 g/mol. The minimum atomic E-state index is -0.337. The third kappa shape index (κ3) is 3.48. The lowest BCUT2D eigenvalue weighted by Gasteiger charge is -2.08. The number of carbonyl (C=O) groups is 1. The van der Waals surface area contributed by atoms with E-state index in [4.69, 9.17) is 0 Å². The fourth-order valence-electron chi connectivity index (χ4n) is 1.54. The molecule has 0 radical (unpaired) electrons. The first-order valence-corrected chi connectivity index (χ1v) is 7.81. The molecule has 0 atom stereocenters. The van der Waals surface area contributed by atoms with Gasteiger partial charge in [-0.3, -0.25) is 4.79 Å². The van der Waals surface area contributed by atoms with Gasteiger partial charge in [0.25, 0.3) is 5.91 Å². The predicted octanol–water partition coefficient (Wildman–Crippen LogP) is 4.40. The van der Waals surface area contributed by atoms with Crippen LogP contribution in [0.5, 0.6) is 0 Å². The molecule has 0 aliphatic carbocycles. The third-order valence-electron chi connectivity index (χ3n) is 2.55. The van der Waals surface area contributed by atoms with Crippen molar-refractivity contribution in [2.45, 2.75) is 4.90 Å². The highest BCUT2D eigenvalue weighted by molar-refractivity contribution is 14.1. The van der Waals surface area contributed by atoms with Crippen molar-refractivity contribution in [3.8, 4) is 0 Å². The van der Waals surface area contributed by atoms with Crippen LogP contribution in [0, 0.1) is 9.39 Å². The van der Waals surface area contributed by atoms with Gasteiger partial charge < -0.3 is 5.32 Å². The zero-order valence-corrected chi connectivity index (χ0v) is 13.1. The Hall–Kier alpha value is -1.08. The van der Waals surface area contributed by atoms with Gasteiger partial charge in [-0.15, -0.1) is 11.8 Å². The summed E-state index contributed by atoms with van der Waals surface area (Å²) in [6.45, 7) is 0. The van der Waals surface area contributed by atoms with Crippen LogP contribution in [0.25, 0.3) is 0 Å². The second-order valence-electron chi connectivity index (χ2n) is 3.78. The molecule has 0 saturated carbocycles. The Morgan fingerprint density at radius 3 is 2.53 bits per heavy atom. The summed E-state index contributed by atoms with van der Waals surface area (Å²) in [5.41, 5.74) is 1.04. The van der Waals surface area contributed by atoms with Crippen LogP contribution in [0.4, 0.5) is 10.1 Å². The Kier molecular flexibility index (Phi) is 4.81. The molecule has 0 bridgehead atoms. The summed E-state index contributed by atoms with van der Waals surface area (Å²) < 4.78 is 13.8. The number of halogens is 2. The Balaban J connectivity index is 2.18. The van der Waals surface area contributed by atoms with Gasteiger partial charge in [-0.1, -0.05) is 6.07 Å². The fourth-order valence-corrected chi connectivity index (χ4v) is 2.44. The molecule has 2 rings (SSSR count). The van der Waals surface area contributed by atoms with Crippen LogP contribution in [0.3, 0.4) is 0 Å². The van der Waals surface area contributed by atoms with Crippen LogP contribution < -0.4 is 5.32 Å². The van der Waals surface area contributed by atoms with Crippen LogP contribution >= 0.6 is 34.4 Å². The summed E-state index contributed by atoms with van der Waals surface area (Å²) in [6, 6.07) is 11.9. The van der Waals surface area contributed by atoms with E-state index in [2.05, 4.69) is 5.32 Å². The number of amides is 1. The Labute approximate surface area is 128 Å². The first kappa shape index (κ1) is 14.3. The average Bonchev–Trinajstić information content (AvgIpc) is 2.44. The Bertz CT molecular complexity index is 601. The van der Waals surface area contributed by atoms with Crippen LogP contribution in [-0.2, 0) is 0 Å². The molecule has 5 heteroatoms. The van der Waals surface area contributed by atoms with Crippen molar-refractivity contribution in [3.05, 3.63) is 57.4 Å². The van der Waals surface area contributed by atoms with E-state index >= 15 is 0 Å². The van der Waals surface area contributed by atoms with E-state index in [0.717, 1.165) is 4.90 Å². The van der Waals surface area contributed by atoms with Gasteiger partial charge in [0, 0.05) is 10.5 Å². The molecule has 1 N–H and O–H groups in total. The number of nitrogens with one attached hydrogen (secondary N) is 1. The van der Waals surface area contributed by atoms with E-state index in [1.165, 1.54) is 6.07 Å². The topological polar surface area (TPSA) is 29.1 Å². The summed E-state index contributed by atoms with van der Waals surface area (Å²) in [5, 5.41) is 2.71. The van der Waals surface area contributed by atoms with Gasteiger partial charge in [0.05, 0.1) is 9.26 Å². The lowest BCUT2D eigenvalue weighted by molar-refractivity contribution is 0.102. The number of hydrogen-bond acceptors (Lipinski definition) is 2. The number of hydrogen-bond donors (Lipinski definition) is 1. The second kappa shape index (κ2) is 6.38. The number of thioether (sulfide) groups is 1. The minimum Gasteiger partial charge on any atom is -0.321 e. The highest BCUT2D eigenvalue weighted by atomic mass is 127. The molecule has 2 aromatic rings. The molecule has 1 amide bonds. The molecule has 98 valence electrons. The molecule has 0 aromatic heterocycles. The Morgan fingerprint density at radius 1 is 1.21 bits per heavy atom. The summed E-state index contributed by atoms with van der Waals surface area (Å²) in [4.78, 5) is 13.1. The van der Waals surface area contributed by atoms with Gasteiger partial charge in [0.15, 0.2) is 0 Å². The Morgan fingerprint density at radius 2 is 1.89 bits per heavy atom. The smallest absolute Gasteiger partial charge is 0.255 e. The lowest BCUT2D eigenvalue weighted by atomic mass is 10.2. The van der Waals surface area contributed by atoms with E-state index < -0.39 is 0 Å². The van der Waals surface area contributed by atoms with Crippen LogP contribution in [0.15, 0.2) is 47.4 Å². The van der Waals surface area contributed by atoms with Crippen molar-refractivity contribution in [3.63, 3.8) is 0 Å². The SMILES string of the molecule is CSc1ccc(C(=O)Nc2cccc(F)c2I)cc1. The minimum absolute atomic E-state index is 0.240. The van der Waals surface area contributed by atoms with Crippen molar-refractivity contribution >= 4 is 45.9 Å². The summed E-state index contributed by atoms with van der Waals surface area (Å²) in [7, 11) is 0. The molecule has 0 aliphatic rings. The van der Waals surface area contributed by atoms with E-state index in [0.29, 0.717) is 14.8 Å². The standard InChI is InChI=1S/C14H11FINOS/c1-19-10-7-5-9(6-8-10)14(18)17-12-4-2-3-11(15)13(12)16/h2-8H,1H3,(H,17,18). The zero-order chi connectivity index (χ0) is 13.8. The summed E-state index contributed by atoms with van der Waals surface area (Å²) >= 11 is 3.49. The third-order valence-corrected chi connectivity index (χ3v) is 4.39. The van der Waals surface area contributed by atoms with Gasteiger partial charge in [-0.2, -0.15) is 0 Å². The average molecular weight is 387 g/mol. The molecule has 2 aromatic carbocycles. The molecule has 0 aliphatic heterocycles. The van der Waals surface area contributed by atoms with Gasteiger partial charge >= 0.3 is 0 Å². The van der Waals surface area contributed by atoms with Crippen molar-refractivity contribution in [1.29, 1.82) is 0 Å². The van der Waals surface area contributed by atoms with Gasteiger partial charge in [-0.25, -0.2) is 4.39 Å².